The fourth-order valence-corrected chi connectivity index (χ4v) is 7.73. The van der Waals surface area contributed by atoms with E-state index in [4.69, 9.17) is 4.42 Å². The molecule has 0 bridgehead atoms. The molecule has 1 nitrogen and oxygen atoms in total. The highest BCUT2D eigenvalue weighted by Crippen LogP contribution is 2.63. The SMILES string of the molecule is Brc1cc(-c2ccc3c(c2)C2(c4ccccc4-c4ccccc42)c2ccccc2-3)c2oc3ccccc3c2c1. The van der Waals surface area contributed by atoms with E-state index in [2.05, 4.69) is 131 Å². The van der Waals surface area contributed by atoms with E-state index in [1.54, 1.807) is 0 Å². The number of para-hydroxylation sites is 1. The van der Waals surface area contributed by atoms with E-state index in [1.165, 1.54) is 44.5 Å². The molecular formula is C37H21BrO. The van der Waals surface area contributed by atoms with Crippen LogP contribution < -0.4 is 0 Å². The zero-order valence-corrected chi connectivity index (χ0v) is 22.5. The maximum atomic E-state index is 6.48. The molecule has 9 rings (SSSR count). The Balaban J connectivity index is 1.40. The quantitative estimate of drug-likeness (QED) is 0.194. The summed E-state index contributed by atoms with van der Waals surface area (Å²) in [5.74, 6) is 0. The minimum Gasteiger partial charge on any atom is -0.455 e. The van der Waals surface area contributed by atoms with Crippen LogP contribution in [0.1, 0.15) is 22.3 Å². The van der Waals surface area contributed by atoms with Gasteiger partial charge in [-0.15, -0.1) is 0 Å². The van der Waals surface area contributed by atoms with Crippen molar-refractivity contribution in [1.82, 2.24) is 0 Å². The minimum absolute atomic E-state index is 0.353. The molecular weight excluding hydrogens is 540 g/mol. The van der Waals surface area contributed by atoms with Crippen molar-refractivity contribution < 1.29 is 4.42 Å². The number of hydrogen-bond acceptors (Lipinski definition) is 1. The molecule has 6 aromatic carbocycles. The second-order valence-electron chi connectivity index (χ2n) is 10.6. The summed E-state index contributed by atoms with van der Waals surface area (Å²) in [5, 5.41) is 2.27. The maximum absolute atomic E-state index is 6.48. The zero-order valence-electron chi connectivity index (χ0n) is 20.9. The van der Waals surface area contributed by atoms with Gasteiger partial charge in [0, 0.05) is 20.8 Å². The Labute approximate surface area is 234 Å². The van der Waals surface area contributed by atoms with Crippen molar-refractivity contribution in [3.63, 3.8) is 0 Å². The normalized spacial score (nSPS) is 14.0. The lowest BCUT2D eigenvalue weighted by molar-refractivity contribution is 0.670. The van der Waals surface area contributed by atoms with Gasteiger partial charge in [0.25, 0.3) is 0 Å². The molecule has 1 spiro atoms. The van der Waals surface area contributed by atoms with Gasteiger partial charge in [0.1, 0.15) is 11.2 Å². The van der Waals surface area contributed by atoms with E-state index in [9.17, 15) is 0 Å². The van der Waals surface area contributed by atoms with Gasteiger partial charge >= 0.3 is 0 Å². The topological polar surface area (TPSA) is 13.1 Å². The Morgan fingerprint density at radius 1 is 0.462 bits per heavy atom. The summed E-state index contributed by atoms with van der Waals surface area (Å²) in [4.78, 5) is 0. The third kappa shape index (κ3) is 2.65. The molecule has 39 heavy (non-hydrogen) atoms. The Morgan fingerprint density at radius 3 is 1.69 bits per heavy atom. The summed E-state index contributed by atoms with van der Waals surface area (Å²) in [6.45, 7) is 0. The van der Waals surface area contributed by atoms with Crippen LogP contribution in [0.4, 0.5) is 0 Å². The van der Waals surface area contributed by atoms with Gasteiger partial charge < -0.3 is 4.42 Å². The van der Waals surface area contributed by atoms with Crippen molar-refractivity contribution in [1.29, 1.82) is 0 Å². The van der Waals surface area contributed by atoms with E-state index in [1.807, 2.05) is 12.1 Å². The van der Waals surface area contributed by atoms with E-state index in [0.29, 0.717) is 0 Å². The van der Waals surface area contributed by atoms with E-state index < -0.39 is 0 Å². The summed E-state index contributed by atoms with van der Waals surface area (Å²) in [6.07, 6.45) is 0. The molecule has 0 N–H and O–H groups in total. The first-order chi connectivity index (χ1) is 19.2. The van der Waals surface area contributed by atoms with Gasteiger partial charge in [0.2, 0.25) is 0 Å². The van der Waals surface area contributed by atoms with Crippen LogP contribution in [0.15, 0.2) is 136 Å². The lowest BCUT2D eigenvalue weighted by Crippen LogP contribution is -2.25. The number of hydrogen-bond donors (Lipinski definition) is 0. The molecule has 2 heteroatoms. The van der Waals surface area contributed by atoms with Crippen LogP contribution >= 0.6 is 15.9 Å². The number of fused-ring (bicyclic) bond motifs is 13. The van der Waals surface area contributed by atoms with Crippen molar-refractivity contribution in [3.05, 3.63) is 154 Å². The summed E-state index contributed by atoms with van der Waals surface area (Å²) in [6, 6.07) is 46.5. The monoisotopic (exact) mass is 560 g/mol. The van der Waals surface area contributed by atoms with Gasteiger partial charge in [-0.25, -0.2) is 0 Å². The summed E-state index contributed by atoms with van der Waals surface area (Å²) in [7, 11) is 0. The molecule has 0 amide bonds. The molecule has 2 aliphatic rings. The van der Waals surface area contributed by atoms with E-state index in [-0.39, 0.29) is 5.41 Å². The summed E-state index contributed by atoms with van der Waals surface area (Å²) < 4.78 is 7.53. The van der Waals surface area contributed by atoms with Gasteiger partial charge in [-0.1, -0.05) is 119 Å². The Morgan fingerprint density at radius 2 is 1.03 bits per heavy atom. The first-order valence-corrected chi connectivity index (χ1v) is 14.1. The molecule has 0 aliphatic heterocycles. The van der Waals surface area contributed by atoms with Crippen LogP contribution in [0.2, 0.25) is 0 Å². The standard InChI is InChI=1S/C37H21BrO/c38-23-20-29(36-30(21-23)28-12-4-8-16-35(28)39-36)22-17-18-27-26-11-3-7-15-33(26)37(34(27)19-22)31-13-5-1-9-24(31)25-10-2-6-14-32(25)37/h1-21H. The molecule has 0 radical (unpaired) electrons. The Hall–Kier alpha value is -4.40. The van der Waals surface area contributed by atoms with E-state index >= 15 is 0 Å². The number of benzene rings is 6. The fraction of sp³-hybridized carbons (Fsp3) is 0.0270. The highest BCUT2D eigenvalue weighted by molar-refractivity contribution is 9.10. The second-order valence-corrected chi connectivity index (χ2v) is 11.5. The summed E-state index contributed by atoms with van der Waals surface area (Å²) in [5.41, 5.74) is 14.4. The number of furan rings is 1. The fourth-order valence-electron chi connectivity index (χ4n) is 7.27. The molecule has 2 aliphatic carbocycles. The molecule has 0 saturated heterocycles. The number of halogens is 1. The molecule has 7 aromatic rings. The van der Waals surface area contributed by atoms with Gasteiger partial charge in [-0.2, -0.15) is 0 Å². The average Bonchev–Trinajstić information content (AvgIpc) is 3.61. The second kappa shape index (κ2) is 7.59. The molecule has 0 unspecified atom stereocenters. The third-order valence-electron chi connectivity index (χ3n) is 8.75. The van der Waals surface area contributed by atoms with Crippen LogP contribution in [0.3, 0.4) is 0 Å². The Kier molecular flexibility index (Phi) is 4.19. The van der Waals surface area contributed by atoms with Crippen molar-refractivity contribution in [2.75, 3.05) is 0 Å². The molecule has 1 heterocycles. The van der Waals surface area contributed by atoms with Crippen LogP contribution in [-0.2, 0) is 5.41 Å². The molecule has 0 atom stereocenters. The van der Waals surface area contributed by atoms with Crippen molar-refractivity contribution in [2.24, 2.45) is 0 Å². The van der Waals surface area contributed by atoms with Gasteiger partial charge in [0.15, 0.2) is 0 Å². The highest BCUT2D eigenvalue weighted by Gasteiger charge is 2.51. The summed E-state index contributed by atoms with van der Waals surface area (Å²) >= 11 is 3.80. The lowest BCUT2D eigenvalue weighted by atomic mass is 9.70. The molecule has 1 aromatic heterocycles. The van der Waals surface area contributed by atoms with Gasteiger partial charge in [0.05, 0.1) is 5.41 Å². The average molecular weight is 561 g/mol. The minimum atomic E-state index is -0.353. The van der Waals surface area contributed by atoms with Crippen LogP contribution in [-0.4, -0.2) is 0 Å². The first kappa shape index (κ1) is 21.5. The third-order valence-corrected chi connectivity index (χ3v) is 9.21. The predicted octanol–water partition coefficient (Wildman–Crippen LogP) is 10.4. The molecule has 182 valence electrons. The van der Waals surface area contributed by atoms with Crippen molar-refractivity contribution >= 4 is 37.9 Å². The Bertz CT molecular complexity index is 2080. The smallest absolute Gasteiger partial charge is 0.143 e. The first-order valence-electron chi connectivity index (χ1n) is 13.3. The van der Waals surface area contributed by atoms with Crippen LogP contribution in [0, 0.1) is 0 Å². The lowest BCUT2D eigenvalue weighted by Gasteiger charge is -2.30. The van der Waals surface area contributed by atoms with Crippen LogP contribution in [0.25, 0.3) is 55.3 Å². The van der Waals surface area contributed by atoms with E-state index in [0.717, 1.165) is 37.5 Å². The number of rotatable bonds is 1. The molecule has 0 fully saturated rings. The van der Waals surface area contributed by atoms with Gasteiger partial charge in [-0.05, 0) is 74.3 Å². The highest BCUT2D eigenvalue weighted by atomic mass is 79.9. The maximum Gasteiger partial charge on any atom is 0.143 e. The predicted molar refractivity (Wildman–Crippen MR) is 163 cm³/mol. The van der Waals surface area contributed by atoms with Crippen molar-refractivity contribution in [3.8, 4) is 33.4 Å². The zero-order chi connectivity index (χ0) is 25.7. The van der Waals surface area contributed by atoms with Crippen molar-refractivity contribution in [2.45, 2.75) is 5.41 Å². The largest absolute Gasteiger partial charge is 0.455 e. The molecule has 0 saturated carbocycles. The van der Waals surface area contributed by atoms with Crippen LogP contribution in [0.5, 0.6) is 0 Å². The van der Waals surface area contributed by atoms with Gasteiger partial charge in [-0.3, -0.25) is 0 Å².